The van der Waals surface area contributed by atoms with Crippen LogP contribution >= 0.6 is 12.2 Å². The van der Waals surface area contributed by atoms with Gasteiger partial charge in [0.2, 0.25) is 11.8 Å². The molecule has 3 N–H and O–H groups in total. The fraction of sp³-hybridized carbons (Fsp3) is 0.268. The number of methoxy groups -OCH3 is 1. The Hall–Kier alpha value is -7.11. The summed E-state index contributed by atoms with van der Waals surface area (Å²) in [6.45, 7) is 2.33. The van der Waals surface area contributed by atoms with E-state index in [4.69, 9.17) is 26.4 Å². The molecular formula is C41H34F3N7O9S. The molecule has 0 bridgehead atoms. The van der Waals surface area contributed by atoms with Gasteiger partial charge in [0.25, 0.3) is 17.7 Å². The number of rotatable bonds is 12. The summed E-state index contributed by atoms with van der Waals surface area (Å²) in [5.41, 5.74) is -1.59. The van der Waals surface area contributed by atoms with E-state index in [1.165, 1.54) is 74.5 Å². The van der Waals surface area contributed by atoms with Gasteiger partial charge in [-0.3, -0.25) is 44.1 Å². The first-order valence-corrected chi connectivity index (χ1v) is 18.9. The molecular weight excluding hydrogens is 824 g/mol. The first kappa shape index (κ1) is 42.0. The minimum absolute atomic E-state index is 0.0165. The fourth-order valence-corrected chi connectivity index (χ4v) is 7.74. The second-order valence-electron chi connectivity index (χ2n) is 14.4. The lowest BCUT2D eigenvalue weighted by Crippen LogP contribution is -2.53. The van der Waals surface area contributed by atoms with Crippen molar-refractivity contribution in [3.8, 4) is 34.6 Å². The van der Waals surface area contributed by atoms with Crippen LogP contribution in [-0.2, 0) is 19.2 Å². The maximum absolute atomic E-state index is 15.7. The quantitative estimate of drug-likeness (QED) is 0.106. The molecule has 61 heavy (non-hydrogen) atoms. The normalized spacial score (nSPS) is 18.2. The Morgan fingerprint density at radius 1 is 1.07 bits per heavy atom. The number of fused-ring (bicyclic) bond motifs is 1. The van der Waals surface area contributed by atoms with Crippen molar-refractivity contribution in [2.45, 2.75) is 44.5 Å². The summed E-state index contributed by atoms with van der Waals surface area (Å²) >= 11 is 5.57. The average Bonchev–Trinajstić information content (AvgIpc) is 3.57. The van der Waals surface area contributed by atoms with Crippen molar-refractivity contribution in [2.75, 3.05) is 36.7 Å². The summed E-state index contributed by atoms with van der Waals surface area (Å²) in [5.74, 6) is -6.15. The molecule has 3 aliphatic heterocycles. The second kappa shape index (κ2) is 16.5. The first-order chi connectivity index (χ1) is 29.1. The van der Waals surface area contributed by atoms with Gasteiger partial charge in [0.1, 0.15) is 35.7 Å². The summed E-state index contributed by atoms with van der Waals surface area (Å²) in [6, 6.07) is 12.2. The van der Waals surface area contributed by atoms with Gasteiger partial charge >= 0.3 is 0 Å². The number of thiocarbonyl (C=S) groups is 1. The number of imide groups is 1. The monoisotopic (exact) mass is 857 g/mol. The third-order valence-electron chi connectivity index (χ3n) is 10.2. The number of piperidine rings is 1. The first-order valence-electron chi connectivity index (χ1n) is 18.5. The highest BCUT2D eigenvalue weighted by Gasteiger charge is 2.51. The number of hydrogen-bond acceptors (Lipinski definition) is 12. The number of amides is 5. The molecule has 2 atom stereocenters. The number of anilines is 2. The van der Waals surface area contributed by atoms with Gasteiger partial charge in [0.15, 0.2) is 46.9 Å². The Bertz CT molecular complexity index is 2590. The van der Waals surface area contributed by atoms with Crippen LogP contribution in [0.4, 0.5) is 24.5 Å². The van der Waals surface area contributed by atoms with Crippen molar-refractivity contribution in [1.29, 1.82) is 5.26 Å². The summed E-state index contributed by atoms with van der Waals surface area (Å²) in [5, 5.41) is 24.6. The van der Waals surface area contributed by atoms with Crippen molar-refractivity contribution >= 4 is 58.2 Å². The molecule has 4 heterocycles. The molecule has 7 rings (SSSR count). The molecule has 2 saturated heterocycles. The average molecular weight is 858 g/mol. The number of benzene rings is 3. The lowest BCUT2D eigenvalue weighted by molar-refractivity contribution is -0.139. The molecule has 314 valence electrons. The summed E-state index contributed by atoms with van der Waals surface area (Å²) in [4.78, 5) is 70.4. The number of halogens is 3. The molecule has 16 nitrogen and oxygen atoms in total. The van der Waals surface area contributed by atoms with Gasteiger partial charge in [-0.25, -0.2) is 13.2 Å². The Morgan fingerprint density at radius 3 is 2.52 bits per heavy atom. The smallest absolute Gasteiger partial charge is 0.259 e. The van der Waals surface area contributed by atoms with E-state index in [1.54, 1.807) is 0 Å². The molecule has 1 aromatic heterocycles. The maximum Gasteiger partial charge on any atom is 0.259 e. The van der Waals surface area contributed by atoms with E-state index < -0.39 is 71.4 Å². The van der Waals surface area contributed by atoms with Crippen LogP contribution in [0, 0.1) is 28.8 Å². The molecule has 20 heteroatoms. The third-order valence-corrected chi connectivity index (χ3v) is 10.6. The summed E-state index contributed by atoms with van der Waals surface area (Å²) < 4.78 is 62.3. The number of aliphatic hydroxyl groups is 1. The number of nitriles is 1. The predicted octanol–water partition coefficient (Wildman–Crippen LogP) is 3.79. The van der Waals surface area contributed by atoms with Crippen molar-refractivity contribution < 1.29 is 56.5 Å². The summed E-state index contributed by atoms with van der Waals surface area (Å²) in [7, 11) is 1.18. The van der Waals surface area contributed by atoms with Crippen LogP contribution in [0.1, 0.15) is 54.4 Å². The summed E-state index contributed by atoms with van der Waals surface area (Å²) in [6.07, 6.45) is -0.0959. The number of aliphatic hydroxyl groups excluding tert-OH is 1. The fourth-order valence-electron chi connectivity index (χ4n) is 7.22. The minimum Gasteiger partial charge on any atom is -0.492 e. The van der Waals surface area contributed by atoms with Gasteiger partial charge in [-0.2, -0.15) is 5.26 Å². The lowest BCUT2D eigenvalue weighted by atomic mass is 10.0. The standard InChI is InChI=1S/C41H34F3N7O9S/c1-41(2)39(57)50(28-8-4-21(17-45)35(58-3)33(28)44)40(61)51(41)22-15-27(43)34(47-18-22)20-5-10-30(26(42)14-20)59-13-12-46-32(53)19-60-23-6-7-24-25(16-23)38(56)49(37(24)55)29-9-11-31(52)48-36(29)54/h4-8,10,14-16,18,29,37,55H,9,11-13,19H2,1-3H3,(H,46,53)(H,48,52,54). The number of nitrogens with one attached hydrogen (secondary N) is 2. The van der Waals surface area contributed by atoms with Crippen molar-refractivity contribution in [1.82, 2.24) is 20.5 Å². The van der Waals surface area contributed by atoms with Gasteiger partial charge in [0.05, 0.1) is 42.4 Å². The van der Waals surface area contributed by atoms with Crippen LogP contribution in [0.5, 0.6) is 17.2 Å². The van der Waals surface area contributed by atoms with Crippen LogP contribution in [0.2, 0.25) is 0 Å². The maximum atomic E-state index is 15.7. The third kappa shape index (κ3) is 7.64. The Labute approximate surface area is 350 Å². The zero-order chi connectivity index (χ0) is 43.9. The van der Waals surface area contributed by atoms with Crippen molar-refractivity contribution in [2.24, 2.45) is 0 Å². The predicted molar refractivity (Wildman–Crippen MR) is 212 cm³/mol. The van der Waals surface area contributed by atoms with Crippen LogP contribution in [0.15, 0.2) is 60.8 Å². The van der Waals surface area contributed by atoms with Crippen molar-refractivity contribution in [3.05, 3.63) is 94.9 Å². The van der Waals surface area contributed by atoms with Gasteiger partial charge in [-0.1, -0.05) is 6.07 Å². The molecule has 3 aliphatic rings. The Kier molecular flexibility index (Phi) is 11.4. The van der Waals surface area contributed by atoms with Crippen molar-refractivity contribution in [3.63, 3.8) is 0 Å². The number of aromatic nitrogens is 1. The van der Waals surface area contributed by atoms with E-state index in [9.17, 15) is 34.3 Å². The molecule has 4 aromatic rings. The molecule has 3 aromatic carbocycles. The van der Waals surface area contributed by atoms with Crippen LogP contribution < -0.4 is 34.6 Å². The van der Waals surface area contributed by atoms with Gasteiger partial charge < -0.3 is 29.5 Å². The number of hydrogen-bond donors (Lipinski definition) is 3. The molecule has 5 amide bonds. The Morgan fingerprint density at radius 2 is 1.84 bits per heavy atom. The molecule has 0 saturated carbocycles. The number of nitrogens with zero attached hydrogens (tertiary/aromatic N) is 5. The van der Waals surface area contributed by atoms with E-state index in [0.717, 1.165) is 21.9 Å². The SMILES string of the molecule is COc1c(C#N)ccc(N2C(=O)C(C)(C)N(c3cnc(-c4ccc(OCCNC(=O)COc5ccc6c(c5)C(=O)N(C5CCC(=O)NC5=O)C6O)c(F)c4)c(F)c3)C2=S)c1F. The minimum atomic E-state index is -1.43. The number of carbonyl (C=O) groups is 5. The zero-order valence-electron chi connectivity index (χ0n) is 32.5. The van der Waals surface area contributed by atoms with Crippen LogP contribution in [0.25, 0.3) is 11.3 Å². The number of carbonyl (C=O) groups excluding carboxylic acids is 5. The van der Waals surface area contributed by atoms with Crippen LogP contribution in [0.3, 0.4) is 0 Å². The molecule has 2 fully saturated rings. The van der Waals surface area contributed by atoms with Crippen LogP contribution in [-0.4, -0.2) is 88.1 Å². The topological polar surface area (TPSA) is 204 Å². The van der Waals surface area contributed by atoms with E-state index >= 15 is 13.2 Å². The second-order valence-corrected chi connectivity index (χ2v) is 14.7. The number of ether oxygens (including phenoxy) is 3. The lowest BCUT2D eigenvalue weighted by Gasteiger charge is -2.31. The molecule has 2 unspecified atom stereocenters. The number of pyridine rings is 1. The highest BCUT2D eigenvalue weighted by Crippen LogP contribution is 2.41. The molecule has 0 radical (unpaired) electrons. The van der Waals surface area contributed by atoms with E-state index in [2.05, 4.69) is 15.6 Å². The molecule has 0 aliphatic carbocycles. The molecule has 0 spiro atoms. The largest absolute Gasteiger partial charge is 0.492 e. The zero-order valence-corrected chi connectivity index (χ0v) is 33.3. The van der Waals surface area contributed by atoms with Gasteiger partial charge in [-0.15, -0.1) is 0 Å². The van der Waals surface area contributed by atoms with E-state index in [-0.39, 0.29) is 87.7 Å². The van der Waals surface area contributed by atoms with Gasteiger partial charge in [-0.05, 0) is 75.0 Å². The van der Waals surface area contributed by atoms with E-state index in [0.29, 0.717) is 0 Å². The Balaban J connectivity index is 0.930. The van der Waals surface area contributed by atoms with Gasteiger partial charge in [0, 0.05) is 23.6 Å². The highest BCUT2D eigenvalue weighted by molar-refractivity contribution is 7.81. The van der Waals surface area contributed by atoms with E-state index in [1.807, 2.05) is 6.07 Å². The highest BCUT2D eigenvalue weighted by atomic mass is 32.1.